The molecule has 0 saturated heterocycles. The molecule has 0 bridgehead atoms. The summed E-state index contributed by atoms with van der Waals surface area (Å²) in [5.41, 5.74) is 0.876. The average Bonchev–Trinajstić information content (AvgIpc) is 2.71. The van der Waals surface area contributed by atoms with Crippen molar-refractivity contribution in [3.8, 4) is 11.5 Å². The minimum absolute atomic E-state index is 0.150. The van der Waals surface area contributed by atoms with Crippen LogP contribution in [-0.4, -0.2) is 37.8 Å². The normalized spacial score (nSPS) is 11.2. The second-order valence-corrected chi connectivity index (χ2v) is 5.97. The van der Waals surface area contributed by atoms with E-state index in [9.17, 15) is 9.59 Å². The molecule has 0 aliphatic rings. The smallest absolute Gasteiger partial charge is 0.408 e. The molecule has 0 radical (unpaired) electrons. The van der Waals surface area contributed by atoms with Gasteiger partial charge in [0.05, 0.1) is 13.2 Å². The third kappa shape index (κ3) is 7.57. The van der Waals surface area contributed by atoms with E-state index >= 15 is 0 Å². The van der Waals surface area contributed by atoms with Crippen molar-refractivity contribution < 1.29 is 23.8 Å². The number of benzene rings is 2. The van der Waals surface area contributed by atoms with Gasteiger partial charge in [0.1, 0.15) is 30.8 Å². The molecule has 0 unspecified atom stereocenters. The van der Waals surface area contributed by atoms with Gasteiger partial charge in [0.15, 0.2) is 0 Å². The van der Waals surface area contributed by atoms with Crippen LogP contribution in [-0.2, 0) is 16.1 Å². The van der Waals surface area contributed by atoms with Gasteiger partial charge in [-0.25, -0.2) is 4.79 Å². The molecule has 7 heteroatoms. The van der Waals surface area contributed by atoms with Gasteiger partial charge in [0.2, 0.25) is 5.91 Å². The number of amides is 2. The van der Waals surface area contributed by atoms with E-state index in [1.807, 2.05) is 49.4 Å². The van der Waals surface area contributed by atoms with Gasteiger partial charge >= 0.3 is 6.09 Å². The summed E-state index contributed by atoms with van der Waals surface area (Å²) < 4.78 is 16.0. The Bertz CT molecular complexity index is 734. The maximum absolute atomic E-state index is 12.0. The lowest BCUT2D eigenvalue weighted by molar-refractivity contribution is -0.122. The minimum Gasteiger partial charge on any atom is -0.494 e. The molecule has 1 atom stereocenters. The number of nitrogens with one attached hydrogen (secondary N) is 2. The highest BCUT2D eigenvalue weighted by molar-refractivity contribution is 5.85. The van der Waals surface area contributed by atoms with Crippen molar-refractivity contribution in [1.82, 2.24) is 10.6 Å². The third-order valence-corrected chi connectivity index (χ3v) is 3.75. The van der Waals surface area contributed by atoms with Crippen molar-refractivity contribution in [2.75, 3.05) is 19.8 Å². The number of carbonyl (C=O) groups is 2. The number of carbonyl (C=O) groups excluding carboxylic acids is 2. The first-order valence-corrected chi connectivity index (χ1v) is 9.19. The van der Waals surface area contributed by atoms with Crippen molar-refractivity contribution in [2.45, 2.75) is 26.5 Å². The van der Waals surface area contributed by atoms with Gasteiger partial charge in [-0.05, 0) is 43.7 Å². The summed E-state index contributed by atoms with van der Waals surface area (Å²) in [4.78, 5) is 23.8. The predicted octanol–water partition coefficient (Wildman–Crippen LogP) is 2.90. The Morgan fingerprint density at radius 2 is 1.61 bits per heavy atom. The molecule has 7 nitrogen and oxygen atoms in total. The molecule has 150 valence electrons. The summed E-state index contributed by atoms with van der Waals surface area (Å²) in [6.07, 6.45) is -0.642. The summed E-state index contributed by atoms with van der Waals surface area (Å²) in [5, 5.41) is 5.20. The van der Waals surface area contributed by atoms with E-state index in [0.29, 0.717) is 25.5 Å². The molecule has 0 heterocycles. The molecule has 0 aliphatic heterocycles. The number of hydrogen-bond acceptors (Lipinski definition) is 5. The monoisotopic (exact) mass is 386 g/mol. The molecule has 0 saturated carbocycles. The Balaban J connectivity index is 1.61. The molecule has 0 fully saturated rings. The van der Waals surface area contributed by atoms with E-state index in [4.69, 9.17) is 14.2 Å². The zero-order valence-corrected chi connectivity index (χ0v) is 16.1. The van der Waals surface area contributed by atoms with E-state index in [0.717, 1.165) is 11.3 Å². The number of hydrogen-bond donors (Lipinski definition) is 2. The fraction of sp³-hybridized carbons (Fsp3) is 0.333. The van der Waals surface area contributed by atoms with E-state index in [-0.39, 0.29) is 12.5 Å². The Morgan fingerprint density at radius 3 is 2.25 bits per heavy atom. The van der Waals surface area contributed by atoms with Crippen LogP contribution in [0.3, 0.4) is 0 Å². The summed E-state index contributed by atoms with van der Waals surface area (Å²) in [6, 6.07) is 15.9. The topological polar surface area (TPSA) is 85.9 Å². The lowest BCUT2D eigenvalue weighted by Gasteiger charge is -2.14. The van der Waals surface area contributed by atoms with Gasteiger partial charge in [-0.3, -0.25) is 4.79 Å². The van der Waals surface area contributed by atoms with Gasteiger partial charge in [0.25, 0.3) is 0 Å². The zero-order valence-electron chi connectivity index (χ0n) is 16.1. The first-order chi connectivity index (χ1) is 13.6. The first kappa shape index (κ1) is 21.1. The lowest BCUT2D eigenvalue weighted by Crippen LogP contribution is -2.45. The maximum Gasteiger partial charge on any atom is 0.408 e. The number of alkyl carbamates (subject to hydrolysis) is 1. The molecule has 2 aromatic carbocycles. The molecule has 2 amide bonds. The van der Waals surface area contributed by atoms with Crippen LogP contribution in [0.5, 0.6) is 11.5 Å². The molecule has 2 N–H and O–H groups in total. The summed E-state index contributed by atoms with van der Waals surface area (Å²) in [6.45, 7) is 4.90. The van der Waals surface area contributed by atoms with Crippen LogP contribution in [0.4, 0.5) is 4.79 Å². The van der Waals surface area contributed by atoms with Crippen LogP contribution in [0, 0.1) is 0 Å². The number of rotatable bonds is 10. The zero-order chi connectivity index (χ0) is 20.2. The van der Waals surface area contributed by atoms with Crippen LogP contribution in [0.15, 0.2) is 54.6 Å². The van der Waals surface area contributed by atoms with Crippen LogP contribution in [0.1, 0.15) is 19.4 Å². The van der Waals surface area contributed by atoms with E-state index < -0.39 is 12.1 Å². The fourth-order valence-corrected chi connectivity index (χ4v) is 2.30. The standard InChI is InChI=1S/C21H26N2O5/c1-3-26-18-9-11-19(12-10-18)27-14-13-22-20(24)16(2)23-21(25)28-15-17-7-5-4-6-8-17/h4-12,16H,3,13-15H2,1-2H3,(H,22,24)(H,23,25)/t16-/m0/s1. The van der Waals surface area contributed by atoms with Crippen LogP contribution >= 0.6 is 0 Å². The molecule has 2 rings (SSSR count). The minimum atomic E-state index is -0.714. The van der Waals surface area contributed by atoms with Crippen LogP contribution in [0.25, 0.3) is 0 Å². The highest BCUT2D eigenvalue weighted by atomic mass is 16.5. The largest absolute Gasteiger partial charge is 0.494 e. The fourth-order valence-electron chi connectivity index (χ4n) is 2.30. The average molecular weight is 386 g/mol. The van der Waals surface area contributed by atoms with Crippen molar-refractivity contribution in [1.29, 1.82) is 0 Å². The van der Waals surface area contributed by atoms with Gasteiger partial charge in [0, 0.05) is 0 Å². The molecule has 0 aromatic heterocycles. The SMILES string of the molecule is CCOc1ccc(OCCNC(=O)[C@H](C)NC(=O)OCc2ccccc2)cc1. The second-order valence-electron chi connectivity index (χ2n) is 5.97. The quantitative estimate of drug-likeness (QED) is 0.613. The van der Waals surface area contributed by atoms with E-state index in [2.05, 4.69) is 10.6 Å². The van der Waals surface area contributed by atoms with Crippen molar-refractivity contribution in [3.05, 3.63) is 60.2 Å². The molecule has 0 aliphatic carbocycles. The summed E-state index contributed by atoms with van der Waals surface area (Å²) >= 11 is 0. The van der Waals surface area contributed by atoms with Gasteiger partial charge in [-0.1, -0.05) is 30.3 Å². The highest BCUT2D eigenvalue weighted by Crippen LogP contribution is 2.17. The molecular weight excluding hydrogens is 360 g/mol. The molecular formula is C21H26N2O5. The van der Waals surface area contributed by atoms with E-state index in [1.54, 1.807) is 19.1 Å². The summed E-state index contributed by atoms with van der Waals surface area (Å²) in [5.74, 6) is 1.16. The molecule has 28 heavy (non-hydrogen) atoms. The van der Waals surface area contributed by atoms with Crippen molar-refractivity contribution in [2.24, 2.45) is 0 Å². The van der Waals surface area contributed by atoms with Crippen molar-refractivity contribution in [3.63, 3.8) is 0 Å². The lowest BCUT2D eigenvalue weighted by atomic mass is 10.2. The highest BCUT2D eigenvalue weighted by Gasteiger charge is 2.15. The second kappa shape index (κ2) is 11.5. The Morgan fingerprint density at radius 1 is 0.964 bits per heavy atom. The van der Waals surface area contributed by atoms with Crippen LogP contribution < -0.4 is 20.1 Å². The Kier molecular flexibility index (Phi) is 8.65. The number of ether oxygens (including phenoxy) is 3. The molecule has 0 spiro atoms. The van der Waals surface area contributed by atoms with Gasteiger partial charge in [-0.15, -0.1) is 0 Å². The van der Waals surface area contributed by atoms with Gasteiger partial charge < -0.3 is 24.8 Å². The molecule has 2 aromatic rings. The van der Waals surface area contributed by atoms with E-state index in [1.165, 1.54) is 0 Å². The Labute approximate surface area is 165 Å². The first-order valence-electron chi connectivity index (χ1n) is 9.19. The van der Waals surface area contributed by atoms with Crippen LogP contribution in [0.2, 0.25) is 0 Å². The summed E-state index contributed by atoms with van der Waals surface area (Å²) in [7, 11) is 0. The third-order valence-electron chi connectivity index (χ3n) is 3.75. The van der Waals surface area contributed by atoms with Gasteiger partial charge in [-0.2, -0.15) is 0 Å². The Hall–Kier alpha value is -3.22. The van der Waals surface area contributed by atoms with Crippen molar-refractivity contribution >= 4 is 12.0 Å². The predicted molar refractivity (Wildman–Crippen MR) is 105 cm³/mol. The maximum atomic E-state index is 12.0.